The van der Waals surface area contributed by atoms with Gasteiger partial charge in [-0.15, -0.1) is 0 Å². The molecule has 2 heterocycles. The number of aromatic nitrogens is 2. The molecule has 0 fully saturated rings. The van der Waals surface area contributed by atoms with E-state index < -0.39 is 0 Å². The molecule has 0 atom stereocenters. The van der Waals surface area contributed by atoms with Crippen molar-refractivity contribution in [2.24, 2.45) is 0 Å². The SMILES string of the molecule is CCCCCOC(=O)c1ccnc(-c2cc(C(=O)OCCCCC)ccn2)c1.[Ru]. The number of esters is 2. The molecule has 0 spiro atoms. The van der Waals surface area contributed by atoms with E-state index in [2.05, 4.69) is 23.8 Å². The predicted octanol–water partition coefficient (Wildman–Crippen LogP) is 4.84. The van der Waals surface area contributed by atoms with E-state index in [0.29, 0.717) is 35.7 Å². The second kappa shape index (κ2) is 13.9. The molecular formula is C22H28N2O4Ru. The van der Waals surface area contributed by atoms with Gasteiger partial charge in [0.25, 0.3) is 0 Å². The van der Waals surface area contributed by atoms with E-state index in [9.17, 15) is 9.59 Å². The molecule has 0 saturated carbocycles. The fourth-order valence-corrected chi connectivity index (χ4v) is 2.60. The van der Waals surface area contributed by atoms with Crippen LogP contribution in [0.25, 0.3) is 11.4 Å². The molecule has 0 radical (unpaired) electrons. The minimum Gasteiger partial charge on any atom is -0.462 e. The molecular weight excluding hydrogens is 457 g/mol. The van der Waals surface area contributed by atoms with Crippen LogP contribution in [0.15, 0.2) is 36.7 Å². The van der Waals surface area contributed by atoms with E-state index in [4.69, 9.17) is 9.47 Å². The molecule has 29 heavy (non-hydrogen) atoms. The average molecular weight is 486 g/mol. The van der Waals surface area contributed by atoms with Crippen LogP contribution in [0, 0.1) is 0 Å². The van der Waals surface area contributed by atoms with Crippen molar-refractivity contribution in [3.05, 3.63) is 47.8 Å². The van der Waals surface area contributed by atoms with Gasteiger partial charge in [0.2, 0.25) is 0 Å². The summed E-state index contributed by atoms with van der Waals surface area (Å²) in [5.74, 6) is -0.766. The monoisotopic (exact) mass is 486 g/mol. The summed E-state index contributed by atoms with van der Waals surface area (Å²) < 4.78 is 10.6. The van der Waals surface area contributed by atoms with Gasteiger partial charge in [0, 0.05) is 31.9 Å². The summed E-state index contributed by atoms with van der Waals surface area (Å²) in [7, 11) is 0. The maximum atomic E-state index is 12.2. The average Bonchev–Trinajstić information content (AvgIpc) is 2.74. The molecule has 158 valence electrons. The van der Waals surface area contributed by atoms with Crippen LogP contribution in [0.4, 0.5) is 0 Å². The van der Waals surface area contributed by atoms with Crippen molar-refractivity contribution < 1.29 is 38.5 Å². The first kappa shape index (κ1) is 24.9. The maximum absolute atomic E-state index is 12.2. The number of pyridine rings is 2. The first-order valence-corrected chi connectivity index (χ1v) is 9.92. The Bertz CT molecular complexity index is 717. The molecule has 6 nitrogen and oxygen atoms in total. The normalized spacial score (nSPS) is 10.1. The summed E-state index contributed by atoms with van der Waals surface area (Å²) in [6, 6.07) is 6.47. The quantitative estimate of drug-likeness (QED) is 0.258. The fraction of sp³-hybridized carbons (Fsp3) is 0.455. The van der Waals surface area contributed by atoms with E-state index in [1.807, 2.05) is 0 Å². The third kappa shape index (κ3) is 8.40. The minimum absolute atomic E-state index is 0. The smallest absolute Gasteiger partial charge is 0.338 e. The molecule has 0 aliphatic carbocycles. The van der Waals surface area contributed by atoms with Crippen LogP contribution in [0.3, 0.4) is 0 Å². The van der Waals surface area contributed by atoms with Gasteiger partial charge in [-0.2, -0.15) is 0 Å². The molecule has 2 rings (SSSR count). The zero-order chi connectivity index (χ0) is 20.2. The number of hydrogen-bond donors (Lipinski definition) is 0. The Labute approximate surface area is 185 Å². The van der Waals surface area contributed by atoms with Gasteiger partial charge in [0.05, 0.1) is 35.7 Å². The standard InChI is InChI=1S/C22H28N2O4.Ru/c1-3-5-7-13-27-21(25)17-9-11-23-19(15-17)20-16-18(10-12-24-20)22(26)28-14-8-6-4-2;/h9-12,15-16H,3-8,13-14H2,1-2H3;. The molecule has 0 N–H and O–H groups in total. The number of rotatable bonds is 11. The van der Waals surface area contributed by atoms with Crippen LogP contribution in [0.5, 0.6) is 0 Å². The number of nitrogens with zero attached hydrogens (tertiary/aromatic N) is 2. The zero-order valence-electron chi connectivity index (χ0n) is 17.0. The van der Waals surface area contributed by atoms with Gasteiger partial charge >= 0.3 is 11.9 Å². The van der Waals surface area contributed by atoms with Crippen LogP contribution in [0.1, 0.15) is 73.1 Å². The van der Waals surface area contributed by atoms with Crippen LogP contribution in [-0.2, 0) is 29.0 Å². The Morgan fingerprint density at radius 2 is 1.17 bits per heavy atom. The minimum atomic E-state index is -0.383. The van der Waals surface area contributed by atoms with Gasteiger partial charge in [-0.25, -0.2) is 9.59 Å². The van der Waals surface area contributed by atoms with Crippen molar-refractivity contribution in [3.63, 3.8) is 0 Å². The van der Waals surface area contributed by atoms with Crippen LogP contribution in [0.2, 0.25) is 0 Å². The van der Waals surface area contributed by atoms with Crippen molar-refractivity contribution in [1.82, 2.24) is 9.97 Å². The van der Waals surface area contributed by atoms with E-state index in [-0.39, 0.29) is 31.4 Å². The summed E-state index contributed by atoms with van der Waals surface area (Å²) in [6.07, 6.45) is 8.97. The Morgan fingerprint density at radius 3 is 1.55 bits per heavy atom. The van der Waals surface area contributed by atoms with E-state index >= 15 is 0 Å². The summed E-state index contributed by atoms with van der Waals surface area (Å²) in [6.45, 7) is 5.00. The Balaban J connectivity index is 0.00000420. The number of unbranched alkanes of at least 4 members (excludes halogenated alkanes) is 4. The zero-order valence-corrected chi connectivity index (χ0v) is 18.7. The molecule has 0 aliphatic heterocycles. The number of ether oxygens (including phenoxy) is 2. The second-order valence-corrected chi connectivity index (χ2v) is 6.55. The van der Waals surface area contributed by atoms with Gasteiger partial charge in [0.1, 0.15) is 0 Å². The van der Waals surface area contributed by atoms with Gasteiger partial charge < -0.3 is 9.47 Å². The van der Waals surface area contributed by atoms with E-state index in [1.165, 1.54) is 12.4 Å². The summed E-state index contributed by atoms with van der Waals surface area (Å²) in [5.41, 5.74) is 1.83. The Hall–Kier alpha value is -2.14. The molecule has 7 heteroatoms. The Kier molecular flexibility index (Phi) is 12.0. The number of carbonyl (C=O) groups excluding carboxylic acids is 2. The van der Waals surface area contributed by atoms with Crippen LogP contribution < -0.4 is 0 Å². The molecule has 0 aliphatic rings. The van der Waals surface area contributed by atoms with Gasteiger partial charge in [-0.3, -0.25) is 9.97 Å². The van der Waals surface area contributed by atoms with Crippen molar-refractivity contribution in [1.29, 1.82) is 0 Å². The predicted molar refractivity (Wildman–Crippen MR) is 107 cm³/mol. The van der Waals surface area contributed by atoms with Crippen molar-refractivity contribution >= 4 is 11.9 Å². The Morgan fingerprint density at radius 1 is 0.759 bits per heavy atom. The number of hydrogen-bond acceptors (Lipinski definition) is 6. The largest absolute Gasteiger partial charge is 0.462 e. The van der Waals surface area contributed by atoms with Gasteiger partial charge in [0.15, 0.2) is 0 Å². The molecule has 0 saturated heterocycles. The van der Waals surface area contributed by atoms with Crippen molar-refractivity contribution in [2.75, 3.05) is 13.2 Å². The van der Waals surface area contributed by atoms with Crippen molar-refractivity contribution in [2.45, 2.75) is 52.4 Å². The van der Waals surface area contributed by atoms with Crippen LogP contribution in [-0.4, -0.2) is 35.1 Å². The first-order valence-electron chi connectivity index (χ1n) is 9.92. The molecule has 0 amide bonds. The molecule has 2 aromatic rings. The molecule has 0 bridgehead atoms. The maximum Gasteiger partial charge on any atom is 0.338 e. The molecule has 0 aromatic carbocycles. The second-order valence-electron chi connectivity index (χ2n) is 6.55. The topological polar surface area (TPSA) is 78.4 Å². The van der Waals surface area contributed by atoms with Crippen molar-refractivity contribution in [3.8, 4) is 11.4 Å². The summed E-state index contributed by atoms with van der Waals surface area (Å²) >= 11 is 0. The summed E-state index contributed by atoms with van der Waals surface area (Å²) in [4.78, 5) is 32.9. The number of carbonyl (C=O) groups is 2. The molecule has 2 aromatic heterocycles. The third-order valence-electron chi connectivity index (χ3n) is 4.22. The van der Waals surface area contributed by atoms with Crippen LogP contribution >= 0.6 is 0 Å². The van der Waals surface area contributed by atoms with Gasteiger partial charge in [-0.1, -0.05) is 39.5 Å². The van der Waals surface area contributed by atoms with Gasteiger partial charge in [-0.05, 0) is 37.1 Å². The third-order valence-corrected chi connectivity index (χ3v) is 4.22. The van der Waals surface area contributed by atoms with E-state index in [1.54, 1.807) is 24.3 Å². The van der Waals surface area contributed by atoms with E-state index in [0.717, 1.165) is 38.5 Å². The first-order chi connectivity index (χ1) is 13.7. The fourth-order valence-electron chi connectivity index (χ4n) is 2.60. The molecule has 0 unspecified atom stereocenters. The summed E-state index contributed by atoms with van der Waals surface area (Å²) in [5, 5.41) is 0.